The van der Waals surface area contributed by atoms with Crippen molar-refractivity contribution in [1.29, 1.82) is 0 Å². The van der Waals surface area contributed by atoms with Gasteiger partial charge in [0.2, 0.25) is 5.91 Å². The largest absolute Gasteiger partial charge is 0.272 e. The van der Waals surface area contributed by atoms with Crippen LogP contribution in [-0.2, 0) is 11.2 Å². The molecule has 0 aromatic heterocycles. The number of halogens is 1. The molecule has 0 bridgehead atoms. The van der Waals surface area contributed by atoms with Crippen molar-refractivity contribution < 1.29 is 9.18 Å². The topological polar surface area (TPSA) is 53.8 Å². The van der Waals surface area contributed by atoms with E-state index in [-0.39, 0.29) is 17.5 Å². The summed E-state index contributed by atoms with van der Waals surface area (Å²) in [7, 11) is 0. The summed E-state index contributed by atoms with van der Waals surface area (Å²) in [4.78, 5) is 16.2. The minimum Gasteiger partial charge on any atom is -0.272 e. The first-order chi connectivity index (χ1) is 11.2. The lowest BCUT2D eigenvalue weighted by molar-refractivity contribution is -0.118. The quantitative estimate of drug-likeness (QED) is 0.692. The zero-order valence-corrected chi connectivity index (χ0v) is 13.0. The summed E-state index contributed by atoms with van der Waals surface area (Å²) < 4.78 is 13.4. The number of carbonyl (C=O) groups is 1. The van der Waals surface area contributed by atoms with E-state index in [1.54, 1.807) is 18.2 Å². The monoisotopic (exact) mass is 327 g/mol. The number of thioether (sulfide) groups is 1. The second kappa shape index (κ2) is 7.19. The predicted molar refractivity (Wildman–Crippen MR) is 91.8 cm³/mol. The number of fused-ring (bicyclic) bond motifs is 1. The van der Waals surface area contributed by atoms with E-state index in [0.29, 0.717) is 5.56 Å². The first-order valence-electron chi connectivity index (χ1n) is 7.07. The van der Waals surface area contributed by atoms with E-state index >= 15 is 0 Å². The number of rotatable bonds is 4. The molecule has 2 aromatic carbocycles. The molecular weight excluding hydrogens is 313 g/mol. The number of hydrogen-bond acceptors (Lipinski definition) is 4. The number of hydrazone groups is 1. The van der Waals surface area contributed by atoms with Crippen molar-refractivity contribution in [3.8, 4) is 0 Å². The highest BCUT2D eigenvalue weighted by atomic mass is 32.2. The SMILES string of the molecule is O=C(CSC1=Nc2ccccc2C1)N/N=C/c1ccccc1F. The van der Waals surface area contributed by atoms with Gasteiger partial charge in [-0.05, 0) is 17.7 Å². The molecule has 23 heavy (non-hydrogen) atoms. The van der Waals surface area contributed by atoms with E-state index in [0.717, 1.165) is 17.2 Å². The molecule has 3 rings (SSSR count). The highest BCUT2D eigenvalue weighted by molar-refractivity contribution is 8.14. The van der Waals surface area contributed by atoms with E-state index < -0.39 is 0 Å². The number of nitrogens with one attached hydrogen (secondary N) is 1. The number of benzene rings is 2. The fraction of sp³-hybridized carbons (Fsp3) is 0.118. The van der Waals surface area contributed by atoms with Crippen LogP contribution >= 0.6 is 11.8 Å². The highest BCUT2D eigenvalue weighted by Crippen LogP contribution is 2.29. The third kappa shape index (κ3) is 4.04. The molecule has 0 aliphatic carbocycles. The Morgan fingerprint density at radius 2 is 2.04 bits per heavy atom. The van der Waals surface area contributed by atoms with Crippen LogP contribution in [0.3, 0.4) is 0 Å². The van der Waals surface area contributed by atoms with Crippen LogP contribution < -0.4 is 5.43 Å². The van der Waals surface area contributed by atoms with Crippen LogP contribution in [0.25, 0.3) is 0 Å². The third-order valence-electron chi connectivity index (χ3n) is 3.25. The van der Waals surface area contributed by atoms with Gasteiger partial charge in [0.1, 0.15) is 5.82 Å². The number of para-hydroxylation sites is 1. The molecule has 1 heterocycles. The van der Waals surface area contributed by atoms with Crippen molar-refractivity contribution in [3.63, 3.8) is 0 Å². The van der Waals surface area contributed by atoms with Gasteiger partial charge in [-0.25, -0.2) is 14.8 Å². The van der Waals surface area contributed by atoms with Gasteiger partial charge in [-0.2, -0.15) is 5.10 Å². The summed E-state index contributed by atoms with van der Waals surface area (Å²) in [6.45, 7) is 0. The minimum absolute atomic E-state index is 0.224. The van der Waals surface area contributed by atoms with Gasteiger partial charge in [0.05, 0.1) is 22.7 Å². The predicted octanol–water partition coefficient (Wildman–Crippen LogP) is 3.30. The molecule has 0 unspecified atom stereocenters. The highest BCUT2D eigenvalue weighted by Gasteiger charge is 2.15. The zero-order chi connectivity index (χ0) is 16.1. The van der Waals surface area contributed by atoms with Gasteiger partial charge in [-0.3, -0.25) is 4.79 Å². The molecule has 116 valence electrons. The summed E-state index contributed by atoms with van der Waals surface area (Å²) in [6, 6.07) is 14.2. The number of amides is 1. The van der Waals surface area contributed by atoms with Gasteiger partial charge in [-0.1, -0.05) is 36.4 Å². The lowest BCUT2D eigenvalue weighted by atomic mass is 10.2. The maximum absolute atomic E-state index is 13.4. The molecule has 1 amide bonds. The Hall–Kier alpha value is -2.47. The molecule has 1 aliphatic rings. The number of carbonyl (C=O) groups excluding carboxylic acids is 1. The van der Waals surface area contributed by atoms with Gasteiger partial charge in [0.15, 0.2) is 0 Å². The fourth-order valence-electron chi connectivity index (χ4n) is 2.12. The van der Waals surface area contributed by atoms with Crippen LogP contribution in [0.1, 0.15) is 11.1 Å². The van der Waals surface area contributed by atoms with Crippen LogP contribution in [-0.4, -0.2) is 22.9 Å². The van der Waals surface area contributed by atoms with E-state index in [9.17, 15) is 9.18 Å². The normalized spacial score (nSPS) is 13.0. The van der Waals surface area contributed by atoms with E-state index in [1.807, 2.05) is 24.3 Å². The van der Waals surface area contributed by atoms with Crippen molar-refractivity contribution in [3.05, 3.63) is 65.5 Å². The Morgan fingerprint density at radius 1 is 1.26 bits per heavy atom. The summed E-state index contributed by atoms with van der Waals surface area (Å²) in [5.41, 5.74) is 4.86. The minimum atomic E-state index is -0.377. The second-order valence-electron chi connectivity index (χ2n) is 4.91. The standard InChI is InChI=1S/C17H14FN3OS/c18-14-7-3-1-6-13(14)10-19-21-16(22)11-23-17-9-12-5-2-4-8-15(12)20-17/h1-8,10H,9,11H2,(H,21,22)/b19-10+. The molecule has 1 N–H and O–H groups in total. The van der Waals surface area contributed by atoms with Gasteiger partial charge in [0.25, 0.3) is 0 Å². The lowest BCUT2D eigenvalue weighted by Crippen LogP contribution is -2.20. The van der Waals surface area contributed by atoms with Crippen molar-refractivity contribution in [2.45, 2.75) is 6.42 Å². The molecule has 4 nitrogen and oxygen atoms in total. The summed E-state index contributed by atoms with van der Waals surface area (Å²) >= 11 is 1.39. The molecule has 0 saturated carbocycles. The zero-order valence-electron chi connectivity index (χ0n) is 12.2. The average molecular weight is 327 g/mol. The Labute approximate surface area is 137 Å². The number of hydrogen-bond donors (Lipinski definition) is 1. The fourth-order valence-corrected chi connectivity index (χ4v) is 2.91. The Kier molecular flexibility index (Phi) is 4.83. The summed E-state index contributed by atoms with van der Waals surface area (Å²) in [5.74, 6) is -0.402. The molecule has 0 saturated heterocycles. The van der Waals surface area contributed by atoms with Crippen molar-refractivity contribution in [1.82, 2.24) is 5.43 Å². The third-order valence-corrected chi connectivity index (χ3v) is 4.22. The Bertz CT molecular complexity index is 789. The molecule has 0 spiro atoms. The second-order valence-corrected chi connectivity index (χ2v) is 5.96. The molecule has 1 aliphatic heterocycles. The average Bonchev–Trinajstić information content (AvgIpc) is 2.98. The van der Waals surface area contributed by atoms with Crippen LogP contribution in [0, 0.1) is 5.82 Å². The molecular formula is C17H14FN3OS. The van der Waals surface area contributed by atoms with Crippen LogP contribution in [0.15, 0.2) is 58.6 Å². The van der Waals surface area contributed by atoms with Crippen molar-refractivity contribution >= 4 is 34.6 Å². The van der Waals surface area contributed by atoms with Gasteiger partial charge in [-0.15, -0.1) is 11.8 Å². The first-order valence-corrected chi connectivity index (χ1v) is 8.05. The Balaban J connectivity index is 1.47. The summed E-state index contributed by atoms with van der Waals surface area (Å²) in [5, 5.41) is 4.69. The van der Waals surface area contributed by atoms with Gasteiger partial charge >= 0.3 is 0 Å². The molecule has 0 atom stereocenters. The van der Waals surface area contributed by atoms with Crippen LogP contribution in [0.5, 0.6) is 0 Å². The maximum Gasteiger partial charge on any atom is 0.250 e. The van der Waals surface area contributed by atoms with Crippen LogP contribution in [0.2, 0.25) is 0 Å². The van der Waals surface area contributed by atoms with Gasteiger partial charge < -0.3 is 0 Å². The molecule has 0 fully saturated rings. The van der Waals surface area contributed by atoms with Crippen LogP contribution in [0.4, 0.5) is 10.1 Å². The molecule has 0 radical (unpaired) electrons. The lowest BCUT2D eigenvalue weighted by Gasteiger charge is -2.00. The van der Waals surface area contributed by atoms with E-state index in [1.165, 1.54) is 29.6 Å². The maximum atomic E-state index is 13.4. The number of aliphatic imine (C=N–C) groups is 1. The molecule has 2 aromatic rings. The van der Waals surface area contributed by atoms with E-state index in [2.05, 4.69) is 15.5 Å². The Morgan fingerprint density at radius 3 is 2.87 bits per heavy atom. The van der Waals surface area contributed by atoms with Gasteiger partial charge in [0, 0.05) is 12.0 Å². The smallest absolute Gasteiger partial charge is 0.250 e. The van der Waals surface area contributed by atoms with E-state index in [4.69, 9.17) is 0 Å². The van der Waals surface area contributed by atoms with Crippen molar-refractivity contribution in [2.75, 3.05) is 5.75 Å². The molecule has 6 heteroatoms. The van der Waals surface area contributed by atoms with Crippen molar-refractivity contribution in [2.24, 2.45) is 10.1 Å². The summed E-state index contributed by atoms with van der Waals surface area (Å²) in [6.07, 6.45) is 2.05. The number of nitrogens with zero attached hydrogens (tertiary/aromatic N) is 2. The first kappa shape index (κ1) is 15.4.